The first kappa shape index (κ1) is 15.8. The Kier molecular flexibility index (Phi) is 3.79. The fourth-order valence-electron chi connectivity index (χ4n) is 2.87. The summed E-state index contributed by atoms with van der Waals surface area (Å²) in [6, 6.07) is 16.9. The normalized spacial score (nSPS) is 11.1. The maximum Gasteiger partial charge on any atom is 0.272 e. The monoisotopic (exact) mass is 369 g/mol. The van der Waals surface area contributed by atoms with Crippen molar-refractivity contribution in [2.75, 3.05) is 11.1 Å². The van der Waals surface area contributed by atoms with E-state index in [-0.39, 0.29) is 5.91 Å². The Hall–Kier alpha value is -2.69. The van der Waals surface area contributed by atoms with Crippen molar-refractivity contribution in [2.24, 2.45) is 0 Å². The molecule has 3 aromatic carbocycles. The Labute approximate surface area is 153 Å². The predicted molar refractivity (Wildman–Crippen MR) is 105 cm³/mol. The van der Waals surface area contributed by atoms with Crippen molar-refractivity contribution >= 4 is 62.2 Å². The summed E-state index contributed by atoms with van der Waals surface area (Å²) in [6.45, 7) is 0. The zero-order chi connectivity index (χ0) is 17.6. The first-order valence-corrected chi connectivity index (χ1v) is 8.35. The number of nitrogens with two attached hydrogens (primary N) is 1. The van der Waals surface area contributed by atoms with Crippen molar-refractivity contribution in [1.29, 1.82) is 0 Å². The molecule has 25 heavy (non-hydrogen) atoms. The molecule has 1 heterocycles. The predicted octanol–water partition coefficient (Wildman–Crippen LogP) is 5.46. The summed E-state index contributed by atoms with van der Waals surface area (Å²) in [5.74, 6) is -0.301. The second kappa shape index (κ2) is 5.99. The number of hydrogen-bond donors (Lipinski definition) is 3. The number of aromatic amines is 1. The van der Waals surface area contributed by atoms with Gasteiger partial charge in [-0.05, 0) is 35.0 Å². The molecule has 0 saturated carbocycles. The number of fused-ring (bicyclic) bond motifs is 3. The highest BCUT2D eigenvalue weighted by Crippen LogP contribution is 2.31. The van der Waals surface area contributed by atoms with Gasteiger partial charge in [0.25, 0.3) is 5.91 Å². The topological polar surface area (TPSA) is 70.9 Å². The van der Waals surface area contributed by atoms with Gasteiger partial charge in [-0.15, -0.1) is 0 Å². The zero-order valence-electron chi connectivity index (χ0n) is 12.9. The van der Waals surface area contributed by atoms with E-state index in [2.05, 4.69) is 10.3 Å². The Morgan fingerprint density at radius 3 is 2.56 bits per heavy atom. The number of H-pyrrole nitrogens is 1. The fraction of sp³-hybridized carbons (Fsp3) is 0. The molecule has 4 aromatic rings. The lowest BCUT2D eigenvalue weighted by Gasteiger charge is -2.08. The average Bonchev–Trinajstić information content (AvgIpc) is 3.04. The van der Waals surface area contributed by atoms with E-state index in [0.717, 1.165) is 21.7 Å². The maximum absolute atomic E-state index is 12.6. The van der Waals surface area contributed by atoms with Gasteiger partial charge in [0.1, 0.15) is 5.69 Å². The van der Waals surface area contributed by atoms with Gasteiger partial charge in [-0.1, -0.05) is 53.5 Å². The minimum atomic E-state index is -0.301. The smallest absolute Gasteiger partial charge is 0.272 e. The SMILES string of the molecule is Nc1cc(Cl)c(Cl)cc1NC(=O)c1cc2c(ccc3ccccc32)[nH]1. The van der Waals surface area contributed by atoms with Gasteiger partial charge in [-0.25, -0.2) is 0 Å². The molecule has 0 aliphatic heterocycles. The summed E-state index contributed by atoms with van der Waals surface area (Å²) < 4.78 is 0. The Morgan fingerprint density at radius 2 is 1.72 bits per heavy atom. The lowest BCUT2D eigenvalue weighted by Crippen LogP contribution is -2.13. The van der Waals surface area contributed by atoms with Crippen LogP contribution in [-0.2, 0) is 0 Å². The Balaban J connectivity index is 1.73. The quantitative estimate of drug-likeness (QED) is 0.410. The van der Waals surface area contributed by atoms with E-state index in [1.807, 2.05) is 42.5 Å². The minimum Gasteiger partial charge on any atom is -0.397 e. The number of amides is 1. The van der Waals surface area contributed by atoms with Crippen molar-refractivity contribution in [2.45, 2.75) is 0 Å². The third-order valence-electron chi connectivity index (χ3n) is 4.11. The maximum atomic E-state index is 12.6. The molecule has 4 rings (SSSR count). The molecule has 4 N–H and O–H groups in total. The fourth-order valence-corrected chi connectivity index (χ4v) is 3.20. The molecular weight excluding hydrogens is 357 g/mol. The Bertz CT molecular complexity index is 1130. The molecule has 0 saturated heterocycles. The molecule has 4 nitrogen and oxygen atoms in total. The van der Waals surface area contributed by atoms with E-state index < -0.39 is 0 Å². The number of benzene rings is 3. The molecule has 1 aromatic heterocycles. The summed E-state index contributed by atoms with van der Waals surface area (Å²) >= 11 is 11.9. The largest absolute Gasteiger partial charge is 0.397 e. The molecule has 6 heteroatoms. The highest BCUT2D eigenvalue weighted by atomic mass is 35.5. The number of aromatic nitrogens is 1. The van der Waals surface area contributed by atoms with Gasteiger partial charge in [0.2, 0.25) is 0 Å². The van der Waals surface area contributed by atoms with Gasteiger partial charge >= 0.3 is 0 Å². The molecule has 0 aliphatic rings. The zero-order valence-corrected chi connectivity index (χ0v) is 14.4. The lowest BCUT2D eigenvalue weighted by molar-refractivity contribution is 0.102. The second-order valence-electron chi connectivity index (χ2n) is 5.74. The summed E-state index contributed by atoms with van der Waals surface area (Å²) in [5, 5.41) is 6.63. The van der Waals surface area contributed by atoms with E-state index >= 15 is 0 Å². The number of anilines is 2. The van der Waals surface area contributed by atoms with E-state index in [9.17, 15) is 4.79 Å². The molecule has 0 bridgehead atoms. The van der Waals surface area contributed by atoms with Crippen LogP contribution in [0.5, 0.6) is 0 Å². The average molecular weight is 370 g/mol. The van der Waals surface area contributed by atoms with E-state index in [4.69, 9.17) is 28.9 Å². The number of nitrogens with one attached hydrogen (secondary N) is 2. The number of nitrogen functional groups attached to an aromatic ring is 1. The third-order valence-corrected chi connectivity index (χ3v) is 4.84. The lowest BCUT2D eigenvalue weighted by atomic mass is 10.1. The van der Waals surface area contributed by atoms with Crippen molar-refractivity contribution < 1.29 is 4.79 Å². The van der Waals surface area contributed by atoms with Crippen molar-refractivity contribution in [3.05, 3.63) is 70.3 Å². The van der Waals surface area contributed by atoms with Crippen LogP contribution in [-0.4, -0.2) is 10.9 Å². The van der Waals surface area contributed by atoms with Crippen LogP contribution in [0.25, 0.3) is 21.7 Å². The van der Waals surface area contributed by atoms with E-state index in [1.54, 1.807) is 0 Å². The van der Waals surface area contributed by atoms with Gasteiger partial charge in [-0.2, -0.15) is 0 Å². The van der Waals surface area contributed by atoms with Crippen LogP contribution in [0.1, 0.15) is 10.5 Å². The highest BCUT2D eigenvalue weighted by molar-refractivity contribution is 6.42. The highest BCUT2D eigenvalue weighted by Gasteiger charge is 2.14. The number of carbonyl (C=O) groups is 1. The van der Waals surface area contributed by atoms with Crippen LogP contribution in [0.4, 0.5) is 11.4 Å². The minimum absolute atomic E-state index is 0.301. The summed E-state index contributed by atoms with van der Waals surface area (Å²) in [5.41, 5.74) is 8.00. The van der Waals surface area contributed by atoms with Crippen LogP contribution in [0.15, 0.2) is 54.6 Å². The molecule has 0 fully saturated rings. The third kappa shape index (κ3) is 2.80. The Morgan fingerprint density at radius 1 is 0.960 bits per heavy atom. The molecule has 0 spiro atoms. The van der Waals surface area contributed by atoms with Crippen LogP contribution in [0.2, 0.25) is 10.0 Å². The number of rotatable bonds is 2. The van der Waals surface area contributed by atoms with Crippen LogP contribution in [0, 0.1) is 0 Å². The van der Waals surface area contributed by atoms with Crippen LogP contribution in [0.3, 0.4) is 0 Å². The van der Waals surface area contributed by atoms with Crippen molar-refractivity contribution in [1.82, 2.24) is 4.98 Å². The van der Waals surface area contributed by atoms with E-state index in [0.29, 0.717) is 27.1 Å². The van der Waals surface area contributed by atoms with Gasteiger partial charge in [0.05, 0.1) is 21.4 Å². The molecule has 124 valence electrons. The van der Waals surface area contributed by atoms with Gasteiger partial charge in [-0.3, -0.25) is 4.79 Å². The summed E-state index contributed by atoms with van der Waals surface area (Å²) in [4.78, 5) is 15.7. The van der Waals surface area contributed by atoms with E-state index in [1.165, 1.54) is 12.1 Å². The first-order chi connectivity index (χ1) is 12.0. The van der Waals surface area contributed by atoms with Crippen LogP contribution >= 0.6 is 23.2 Å². The van der Waals surface area contributed by atoms with Gasteiger partial charge in [0, 0.05) is 10.9 Å². The molecule has 0 aliphatic carbocycles. The molecule has 0 radical (unpaired) electrons. The van der Waals surface area contributed by atoms with Crippen LogP contribution < -0.4 is 11.1 Å². The summed E-state index contributed by atoms with van der Waals surface area (Å²) in [7, 11) is 0. The standard InChI is InChI=1S/C19H13Cl2N3O/c20-13-8-15(22)17(9-14(13)21)24-19(25)18-7-12-11-4-2-1-3-10(11)5-6-16(12)23-18/h1-9,23H,22H2,(H,24,25). The first-order valence-electron chi connectivity index (χ1n) is 7.59. The number of halogens is 2. The van der Waals surface area contributed by atoms with Crippen molar-refractivity contribution in [3.8, 4) is 0 Å². The molecule has 1 amide bonds. The second-order valence-corrected chi connectivity index (χ2v) is 6.55. The van der Waals surface area contributed by atoms with Gasteiger partial charge in [0.15, 0.2) is 0 Å². The van der Waals surface area contributed by atoms with Crippen molar-refractivity contribution in [3.63, 3.8) is 0 Å². The number of hydrogen-bond acceptors (Lipinski definition) is 2. The van der Waals surface area contributed by atoms with Gasteiger partial charge < -0.3 is 16.0 Å². The summed E-state index contributed by atoms with van der Waals surface area (Å²) in [6.07, 6.45) is 0. The molecule has 0 atom stereocenters. The number of carbonyl (C=O) groups excluding carboxylic acids is 1. The molecule has 0 unspecified atom stereocenters. The molecular formula is C19H13Cl2N3O.